The van der Waals surface area contributed by atoms with Gasteiger partial charge < -0.3 is 20.1 Å². The summed E-state index contributed by atoms with van der Waals surface area (Å²) in [5, 5.41) is 29.2. The van der Waals surface area contributed by atoms with Gasteiger partial charge in [-0.1, -0.05) is 56.7 Å². The van der Waals surface area contributed by atoms with Crippen molar-refractivity contribution in [3.05, 3.63) is 53.6 Å². The molecular formula is C31H39F5O5S. The molecule has 0 fully saturated rings. The highest BCUT2D eigenvalue weighted by Crippen LogP contribution is 2.55. The zero-order valence-electron chi connectivity index (χ0n) is 23.6. The van der Waals surface area contributed by atoms with Gasteiger partial charge in [0.15, 0.2) is 0 Å². The van der Waals surface area contributed by atoms with Gasteiger partial charge in [0.1, 0.15) is 23.9 Å². The summed E-state index contributed by atoms with van der Waals surface area (Å²) in [7, 11) is 0. The Morgan fingerprint density at radius 3 is 2.14 bits per heavy atom. The van der Waals surface area contributed by atoms with Crippen LogP contribution in [0.25, 0.3) is 0 Å². The first-order valence-corrected chi connectivity index (χ1v) is 15.5. The van der Waals surface area contributed by atoms with Gasteiger partial charge in [-0.05, 0) is 61.3 Å². The van der Waals surface area contributed by atoms with Gasteiger partial charge in [-0.2, -0.15) is 22.0 Å². The van der Waals surface area contributed by atoms with Gasteiger partial charge in [0, 0.05) is 18.4 Å². The monoisotopic (exact) mass is 618 g/mol. The molecule has 3 unspecified atom stereocenters. The van der Waals surface area contributed by atoms with Crippen LogP contribution in [-0.4, -0.2) is 46.3 Å². The Bertz CT molecular complexity index is 1160. The van der Waals surface area contributed by atoms with Crippen molar-refractivity contribution in [2.24, 2.45) is 5.92 Å². The molecule has 5 nitrogen and oxygen atoms in total. The summed E-state index contributed by atoms with van der Waals surface area (Å²) in [6.07, 6.45) is 0.419. The predicted octanol–water partition coefficient (Wildman–Crippen LogP) is 9.02. The van der Waals surface area contributed by atoms with E-state index in [0.29, 0.717) is 18.8 Å². The van der Waals surface area contributed by atoms with Crippen LogP contribution in [0.2, 0.25) is 0 Å². The quantitative estimate of drug-likeness (QED) is 0.129. The number of carboxylic acids is 1. The molecule has 0 spiro atoms. The van der Waals surface area contributed by atoms with Crippen LogP contribution in [-0.2, 0) is 9.54 Å². The zero-order valence-corrected chi connectivity index (χ0v) is 24.5. The summed E-state index contributed by atoms with van der Waals surface area (Å²) >= 11 is 1.70. The highest BCUT2D eigenvalue weighted by Gasteiger charge is 2.56. The summed E-state index contributed by atoms with van der Waals surface area (Å²) in [5.74, 6) is -5.81. The van der Waals surface area contributed by atoms with E-state index < -0.39 is 36.8 Å². The maximum Gasteiger partial charge on any atom is 0.453 e. The number of carbonyl (C=O) groups is 1. The number of rotatable bonds is 16. The molecule has 0 saturated carbocycles. The third kappa shape index (κ3) is 8.45. The van der Waals surface area contributed by atoms with Gasteiger partial charge >= 0.3 is 18.1 Å². The normalized spacial score (nSPS) is 19.6. The van der Waals surface area contributed by atoms with Crippen LogP contribution in [0.1, 0.15) is 87.7 Å². The standard InChI is InChI=1S/C31H39F5O5S/c1-42-29(22-12-14-23(37)15-13-22)20-41-27-19-24(38)16-17-25(27)26(29)11-7-5-3-2-4-6-9-21(28(39)40)10-8-18-30(32,33)31(34,35)36/h12-17,19,21,26,37-38H,2-11,18,20H2,1H3,(H,39,40). The number of hydrogen-bond acceptors (Lipinski definition) is 5. The minimum atomic E-state index is -5.62. The molecule has 11 heteroatoms. The van der Waals surface area contributed by atoms with Crippen LogP contribution in [0.3, 0.4) is 0 Å². The maximum atomic E-state index is 13.1. The summed E-state index contributed by atoms with van der Waals surface area (Å²) < 4.78 is 69.0. The van der Waals surface area contributed by atoms with Crippen molar-refractivity contribution in [1.82, 2.24) is 0 Å². The molecule has 42 heavy (non-hydrogen) atoms. The molecule has 0 bridgehead atoms. The van der Waals surface area contributed by atoms with E-state index in [4.69, 9.17) is 4.74 Å². The lowest BCUT2D eigenvalue weighted by molar-refractivity contribution is -0.284. The highest BCUT2D eigenvalue weighted by atomic mass is 32.2. The maximum absolute atomic E-state index is 13.1. The van der Waals surface area contributed by atoms with Crippen molar-refractivity contribution in [3.8, 4) is 17.2 Å². The van der Waals surface area contributed by atoms with Gasteiger partial charge in [-0.25, -0.2) is 0 Å². The number of alkyl halides is 5. The van der Waals surface area contributed by atoms with E-state index in [1.54, 1.807) is 36.0 Å². The van der Waals surface area contributed by atoms with E-state index in [9.17, 15) is 42.1 Å². The molecule has 1 heterocycles. The second-order valence-electron chi connectivity index (χ2n) is 11.0. The van der Waals surface area contributed by atoms with Crippen molar-refractivity contribution in [2.75, 3.05) is 12.9 Å². The van der Waals surface area contributed by atoms with E-state index in [1.807, 2.05) is 24.5 Å². The Morgan fingerprint density at radius 1 is 0.929 bits per heavy atom. The average Bonchev–Trinajstić information content (AvgIpc) is 2.93. The molecule has 0 aromatic heterocycles. The highest BCUT2D eigenvalue weighted by molar-refractivity contribution is 7.99. The lowest BCUT2D eigenvalue weighted by Gasteiger charge is -2.44. The first-order chi connectivity index (χ1) is 19.8. The number of fused-ring (bicyclic) bond motifs is 1. The smallest absolute Gasteiger partial charge is 0.453 e. The number of benzene rings is 2. The van der Waals surface area contributed by atoms with Crippen molar-refractivity contribution >= 4 is 17.7 Å². The molecule has 1 aliphatic rings. The van der Waals surface area contributed by atoms with E-state index >= 15 is 0 Å². The van der Waals surface area contributed by atoms with Crippen LogP contribution < -0.4 is 4.74 Å². The summed E-state index contributed by atoms with van der Waals surface area (Å²) in [4.78, 5) is 11.5. The Balaban J connectivity index is 1.49. The van der Waals surface area contributed by atoms with E-state index in [0.717, 1.165) is 49.7 Å². The largest absolute Gasteiger partial charge is 0.508 e. The number of phenols is 2. The van der Waals surface area contributed by atoms with Crippen molar-refractivity contribution < 1.29 is 46.8 Å². The fourth-order valence-electron chi connectivity index (χ4n) is 5.76. The number of hydrogen-bond donors (Lipinski definition) is 3. The molecule has 0 aliphatic carbocycles. The molecule has 0 amide bonds. The van der Waals surface area contributed by atoms with Gasteiger partial charge in [0.25, 0.3) is 0 Å². The number of phenolic OH excluding ortho intramolecular Hbond substituents is 2. The topological polar surface area (TPSA) is 87.0 Å². The third-order valence-electron chi connectivity index (χ3n) is 8.20. The summed E-state index contributed by atoms with van der Waals surface area (Å²) in [6, 6.07) is 12.4. The van der Waals surface area contributed by atoms with Gasteiger partial charge in [-0.3, -0.25) is 4.79 Å². The van der Waals surface area contributed by atoms with Crippen LogP contribution >= 0.6 is 11.8 Å². The minimum absolute atomic E-state index is 0.0995. The zero-order chi connectivity index (χ0) is 31.0. The lowest BCUT2D eigenvalue weighted by Crippen LogP contribution is -2.40. The van der Waals surface area contributed by atoms with Gasteiger partial charge in [0.05, 0.1) is 10.7 Å². The first-order valence-electron chi connectivity index (χ1n) is 14.3. The van der Waals surface area contributed by atoms with Crippen LogP contribution in [0, 0.1) is 5.92 Å². The Morgan fingerprint density at radius 2 is 1.52 bits per heavy atom. The number of thioether (sulfide) groups is 1. The van der Waals surface area contributed by atoms with Gasteiger partial charge in [-0.15, -0.1) is 11.8 Å². The first kappa shape index (κ1) is 33.8. The van der Waals surface area contributed by atoms with Crippen molar-refractivity contribution in [1.29, 1.82) is 0 Å². The third-order valence-corrected chi connectivity index (χ3v) is 9.57. The molecule has 234 valence electrons. The SMILES string of the molecule is CSC1(c2ccc(O)cc2)COc2cc(O)ccc2C1CCCCCCCCC(CCCC(F)(F)C(F)(F)F)C(=O)O. The molecule has 0 radical (unpaired) electrons. The minimum Gasteiger partial charge on any atom is -0.508 e. The number of aliphatic carboxylic acids is 1. The Labute approximate surface area is 247 Å². The van der Waals surface area contributed by atoms with E-state index in [2.05, 4.69) is 0 Å². The Hall–Kier alpha value is -2.69. The summed E-state index contributed by atoms with van der Waals surface area (Å²) in [6.45, 7) is 0.415. The predicted molar refractivity (Wildman–Crippen MR) is 153 cm³/mol. The number of halogens is 5. The number of aromatic hydroxyl groups is 2. The molecule has 1 aliphatic heterocycles. The molecule has 2 aromatic carbocycles. The van der Waals surface area contributed by atoms with Crippen LogP contribution in [0.5, 0.6) is 17.2 Å². The van der Waals surface area contributed by atoms with Crippen molar-refractivity contribution in [2.45, 2.75) is 93.4 Å². The van der Waals surface area contributed by atoms with Crippen molar-refractivity contribution in [3.63, 3.8) is 0 Å². The Kier molecular flexibility index (Phi) is 11.8. The second kappa shape index (κ2) is 14.7. The second-order valence-corrected chi connectivity index (χ2v) is 12.2. The number of ether oxygens (including phenoxy) is 1. The fourth-order valence-corrected chi connectivity index (χ4v) is 6.84. The average molecular weight is 619 g/mol. The number of carboxylic acid groups (broad SMARTS) is 1. The molecule has 3 N–H and O–H groups in total. The molecule has 2 aromatic rings. The van der Waals surface area contributed by atoms with Crippen LogP contribution in [0.4, 0.5) is 22.0 Å². The molecular weight excluding hydrogens is 579 g/mol. The molecule has 0 saturated heterocycles. The van der Waals surface area contributed by atoms with E-state index in [1.165, 1.54) is 0 Å². The summed E-state index contributed by atoms with van der Waals surface area (Å²) in [5.41, 5.74) is 2.07. The molecule has 3 atom stereocenters. The number of unbranched alkanes of at least 4 members (excludes halogenated alkanes) is 5. The van der Waals surface area contributed by atoms with Gasteiger partial charge in [0.2, 0.25) is 0 Å². The van der Waals surface area contributed by atoms with E-state index in [-0.39, 0.29) is 35.0 Å². The lowest BCUT2D eigenvalue weighted by atomic mass is 9.76. The fraction of sp³-hybridized carbons (Fsp3) is 0.581. The van der Waals surface area contributed by atoms with Crippen LogP contribution in [0.15, 0.2) is 42.5 Å². The molecule has 3 rings (SSSR count).